The van der Waals surface area contributed by atoms with Crippen LogP contribution < -0.4 is 0 Å². The molecule has 0 spiro atoms. The maximum Gasteiger partial charge on any atom is 0.0988 e. The fourth-order valence-corrected chi connectivity index (χ4v) is 3.62. The van der Waals surface area contributed by atoms with Gasteiger partial charge in [0.15, 0.2) is 0 Å². The van der Waals surface area contributed by atoms with Crippen molar-refractivity contribution in [2.75, 3.05) is 0 Å². The molecular weight excluding hydrogens is 228 g/mol. The zero-order chi connectivity index (χ0) is 10.9. The molecule has 1 aliphatic rings. The quantitative estimate of drug-likeness (QED) is 0.827. The molecule has 15 heavy (non-hydrogen) atoms. The fraction of sp³-hybridized carbons (Fsp3) is 0.667. The highest BCUT2D eigenvalue weighted by Gasteiger charge is 2.35. The van der Waals surface area contributed by atoms with Crippen LogP contribution >= 0.6 is 22.9 Å². The Kier molecular flexibility index (Phi) is 3.39. The number of thiophene rings is 1. The molecule has 1 saturated carbocycles. The van der Waals surface area contributed by atoms with Crippen molar-refractivity contribution >= 4 is 22.9 Å². The Bertz CT molecular complexity index is 326. The molecule has 1 nitrogen and oxygen atoms in total. The first kappa shape index (κ1) is 11.4. The summed E-state index contributed by atoms with van der Waals surface area (Å²) in [6.07, 6.45) is 6.10. The van der Waals surface area contributed by atoms with Crippen molar-refractivity contribution < 1.29 is 5.11 Å². The van der Waals surface area contributed by atoms with E-state index in [0.29, 0.717) is 5.92 Å². The Hall–Kier alpha value is -0.0500. The minimum atomic E-state index is -0.682. The third-order valence-corrected chi connectivity index (χ3v) is 4.93. The molecule has 1 aromatic heterocycles. The molecule has 84 valence electrons. The van der Waals surface area contributed by atoms with E-state index in [1.54, 1.807) is 0 Å². The molecule has 1 aliphatic carbocycles. The second-order valence-electron chi connectivity index (χ2n) is 4.59. The smallest absolute Gasteiger partial charge is 0.0988 e. The van der Waals surface area contributed by atoms with Crippen LogP contribution in [0.15, 0.2) is 12.1 Å². The molecule has 1 heterocycles. The van der Waals surface area contributed by atoms with E-state index in [9.17, 15) is 5.11 Å². The van der Waals surface area contributed by atoms with E-state index < -0.39 is 5.60 Å². The number of hydrogen-bond acceptors (Lipinski definition) is 2. The number of rotatable bonds is 2. The van der Waals surface area contributed by atoms with Crippen LogP contribution in [-0.4, -0.2) is 5.11 Å². The van der Waals surface area contributed by atoms with Crippen molar-refractivity contribution in [2.45, 2.75) is 44.6 Å². The maximum atomic E-state index is 10.6. The van der Waals surface area contributed by atoms with Gasteiger partial charge in [-0.15, -0.1) is 11.3 Å². The molecule has 1 unspecified atom stereocenters. The molecule has 1 atom stereocenters. The molecule has 0 bridgehead atoms. The lowest BCUT2D eigenvalue weighted by Crippen LogP contribution is -2.32. The summed E-state index contributed by atoms with van der Waals surface area (Å²) < 4.78 is 0.765. The minimum absolute atomic E-state index is 0.404. The van der Waals surface area contributed by atoms with Crippen molar-refractivity contribution in [1.82, 2.24) is 0 Å². The van der Waals surface area contributed by atoms with Crippen molar-refractivity contribution in [3.05, 3.63) is 21.3 Å². The summed E-state index contributed by atoms with van der Waals surface area (Å²) in [6.45, 7) is 1.94. The molecule has 1 N–H and O–H groups in total. The van der Waals surface area contributed by atoms with Crippen LogP contribution in [0, 0.1) is 5.92 Å². The second-order valence-corrected chi connectivity index (χ2v) is 6.30. The largest absolute Gasteiger partial charge is 0.384 e. The number of halogens is 1. The first-order valence-electron chi connectivity index (χ1n) is 5.59. The van der Waals surface area contributed by atoms with Crippen molar-refractivity contribution in [1.29, 1.82) is 0 Å². The van der Waals surface area contributed by atoms with Gasteiger partial charge in [0.25, 0.3) is 0 Å². The molecule has 0 amide bonds. The highest BCUT2D eigenvalue weighted by Crippen LogP contribution is 2.42. The Morgan fingerprint density at radius 2 is 2.00 bits per heavy atom. The van der Waals surface area contributed by atoms with Gasteiger partial charge in [-0.2, -0.15) is 0 Å². The maximum absolute atomic E-state index is 10.6. The summed E-state index contributed by atoms with van der Waals surface area (Å²) in [6, 6.07) is 3.83. The Morgan fingerprint density at radius 1 is 1.33 bits per heavy atom. The summed E-state index contributed by atoms with van der Waals surface area (Å²) in [5, 5.41) is 10.6. The van der Waals surface area contributed by atoms with Gasteiger partial charge >= 0.3 is 0 Å². The molecule has 2 rings (SSSR count). The third-order valence-electron chi connectivity index (χ3n) is 3.47. The van der Waals surface area contributed by atoms with Gasteiger partial charge in [-0.05, 0) is 37.8 Å². The zero-order valence-electron chi connectivity index (χ0n) is 9.00. The van der Waals surface area contributed by atoms with Gasteiger partial charge in [-0.3, -0.25) is 0 Å². The van der Waals surface area contributed by atoms with Gasteiger partial charge in [-0.25, -0.2) is 0 Å². The van der Waals surface area contributed by atoms with E-state index in [-0.39, 0.29) is 0 Å². The summed E-state index contributed by atoms with van der Waals surface area (Å²) in [7, 11) is 0. The number of aliphatic hydroxyl groups is 1. The Balaban J connectivity index is 2.17. The van der Waals surface area contributed by atoms with Crippen LogP contribution in [0.1, 0.15) is 43.9 Å². The van der Waals surface area contributed by atoms with E-state index in [1.165, 1.54) is 30.6 Å². The SMILES string of the molecule is CC(O)(c1ccc(Cl)s1)C1CCCCC1. The van der Waals surface area contributed by atoms with Crippen molar-refractivity contribution in [3.63, 3.8) is 0 Å². The molecule has 0 aliphatic heterocycles. The van der Waals surface area contributed by atoms with E-state index in [4.69, 9.17) is 11.6 Å². The van der Waals surface area contributed by atoms with E-state index in [0.717, 1.165) is 22.1 Å². The van der Waals surface area contributed by atoms with Gasteiger partial charge in [0.05, 0.1) is 9.94 Å². The Labute approximate surface area is 100 Å². The molecule has 3 heteroatoms. The molecular formula is C12H17ClOS. The van der Waals surface area contributed by atoms with Gasteiger partial charge in [0, 0.05) is 4.88 Å². The lowest BCUT2D eigenvalue weighted by Gasteiger charge is -2.34. The molecule has 0 aromatic carbocycles. The number of hydrogen-bond donors (Lipinski definition) is 1. The van der Waals surface area contributed by atoms with Crippen LogP contribution in [0.2, 0.25) is 4.34 Å². The van der Waals surface area contributed by atoms with Crippen LogP contribution in [0.4, 0.5) is 0 Å². The predicted molar refractivity (Wildman–Crippen MR) is 65.5 cm³/mol. The van der Waals surface area contributed by atoms with Gasteiger partial charge in [-0.1, -0.05) is 30.9 Å². The van der Waals surface area contributed by atoms with Gasteiger partial charge < -0.3 is 5.11 Å². The summed E-state index contributed by atoms with van der Waals surface area (Å²) in [5.41, 5.74) is -0.682. The highest BCUT2D eigenvalue weighted by molar-refractivity contribution is 7.16. The van der Waals surface area contributed by atoms with E-state index in [2.05, 4.69) is 0 Å². The van der Waals surface area contributed by atoms with Crippen molar-refractivity contribution in [3.8, 4) is 0 Å². The van der Waals surface area contributed by atoms with Crippen LogP contribution in [0.3, 0.4) is 0 Å². The van der Waals surface area contributed by atoms with Gasteiger partial charge in [0.1, 0.15) is 0 Å². The first-order chi connectivity index (χ1) is 7.10. The predicted octanol–water partition coefficient (Wildman–Crippen LogP) is 4.19. The van der Waals surface area contributed by atoms with Crippen LogP contribution in [0.5, 0.6) is 0 Å². The average molecular weight is 245 g/mol. The topological polar surface area (TPSA) is 20.2 Å². The highest BCUT2D eigenvalue weighted by atomic mass is 35.5. The van der Waals surface area contributed by atoms with Crippen LogP contribution in [-0.2, 0) is 5.60 Å². The second kappa shape index (κ2) is 4.44. The minimum Gasteiger partial charge on any atom is -0.384 e. The fourth-order valence-electron chi connectivity index (χ4n) is 2.45. The average Bonchev–Trinajstić information content (AvgIpc) is 2.67. The summed E-state index contributed by atoms with van der Waals surface area (Å²) >= 11 is 7.42. The van der Waals surface area contributed by atoms with E-state index in [1.807, 2.05) is 19.1 Å². The molecule has 0 saturated heterocycles. The monoisotopic (exact) mass is 244 g/mol. The standard InChI is InChI=1S/C12H17ClOS/c1-12(14,9-5-3-2-4-6-9)10-7-8-11(13)15-10/h7-9,14H,2-6H2,1H3. The van der Waals surface area contributed by atoms with Crippen molar-refractivity contribution in [2.24, 2.45) is 5.92 Å². The zero-order valence-corrected chi connectivity index (χ0v) is 10.6. The van der Waals surface area contributed by atoms with Crippen LogP contribution in [0.25, 0.3) is 0 Å². The lowest BCUT2D eigenvalue weighted by atomic mass is 9.77. The third kappa shape index (κ3) is 2.38. The Morgan fingerprint density at radius 3 is 2.53 bits per heavy atom. The molecule has 1 aromatic rings. The van der Waals surface area contributed by atoms with E-state index >= 15 is 0 Å². The summed E-state index contributed by atoms with van der Waals surface area (Å²) in [5.74, 6) is 0.404. The van der Waals surface area contributed by atoms with Gasteiger partial charge in [0.2, 0.25) is 0 Å². The first-order valence-corrected chi connectivity index (χ1v) is 6.78. The summed E-state index contributed by atoms with van der Waals surface area (Å²) in [4.78, 5) is 1.01. The normalized spacial score (nSPS) is 22.6. The molecule has 0 radical (unpaired) electrons. The lowest BCUT2D eigenvalue weighted by molar-refractivity contribution is -0.0182. The molecule has 1 fully saturated rings.